The number of thiophene rings is 1. The molecule has 0 aliphatic carbocycles. The third-order valence-electron chi connectivity index (χ3n) is 2.63. The largest absolute Gasteiger partial charge is 0.378 e. The van der Waals surface area contributed by atoms with Gasteiger partial charge in [0, 0.05) is 21.9 Å². The number of nitrogens with one attached hydrogen (secondary N) is 1. The molecule has 0 fully saturated rings. The normalized spacial score (nSPS) is 11.2. The summed E-state index contributed by atoms with van der Waals surface area (Å²) in [6, 6.07) is 10.1. The first-order valence-electron chi connectivity index (χ1n) is 6.40. The third kappa shape index (κ3) is 4.96. The van der Waals surface area contributed by atoms with Gasteiger partial charge in [-0.25, -0.2) is 0 Å². The van der Waals surface area contributed by atoms with Crippen LogP contribution in [0.2, 0.25) is 0 Å². The first kappa shape index (κ1) is 17.2. The molecule has 5 nitrogen and oxygen atoms in total. The van der Waals surface area contributed by atoms with Crippen LogP contribution < -0.4 is 9.50 Å². The SMILES string of the molecule is CC(=O)NCCc1ccc(S(=O)(=O)Oc2cccc(I)c2)s1. The zero-order valence-corrected chi connectivity index (χ0v) is 15.5. The molecule has 118 valence electrons. The second-order valence-electron chi connectivity index (χ2n) is 4.45. The highest BCUT2D eigenvalue weighted by Gasteiger charge is 2.19. The van der Waals surface area contributed by atoms with Crippen molar-refractivity contribution in [1.29, 1.82) is 0 Å². The zero-order chi connectivity index (χ0) is 16.2. The standard InChI is InChI=1S/C14H14INO4S2/c1-10(17)16-8-7-13-5-6-14(21-13)22(18,19)20-12-4-2-3-11(15)9-12/h2-6,9H,7-8H2,1H3,(H,16,17). The molecule has 0 saturated carbocycles. The minimum absolute atomic E-state index is 0.105. The van der Waals surface area contributed by atoms with Crippen LogP contribution in [0, 0.1) is 3.57 Å². The number of rotatable bonds is 6. The van der Waals surface area contributed by atoms with Gasteiger partial charge in [0.05, 0.1) is 0 Å². The van der Waals surface area contributed by atoms with Crippen LogP contribution in [-0.4, -0.2) is 20.9 Å². The molecule has 22 heavy (non-hydrogen) atoms. The van der Waals surface area contributed by atoms with Gasteiger partial charge in [0.1, 0.15) is 5.75 Å². The minimum atomic E-state index is -3.82. The quantitative estimate of drug-likeness (QED) is 0.542. The van der Waals surface area contributed by atoms with E-state index in [4.69, 9.17) is 4.18 Å². The lowest BCUT2D eigenvalue weighted by atomic mass is 10.3. The maximum Gasteiger partial charge on any atom is 0.348 e. The van der Waals surface area contributed by atoms with Crippen molar-refractivity contribution in [3.05, 3.63) is 44.8 Å². The molecule has 2 aromatic rings. The Kier molecular flexibility index (Phi) is 5.81. The second kappa shape index (κ2) is 7.42. The molecule has 0 aliphatic heterocycles. The molecule has 0 spiro atoms. The summed E-state index contributed by atoms with van der Waals surface area (Å²) in [7, 11) is -3.82. The zero-order valence-electron chi connectivity index (χ0n) is 11.7. The molecule has 1 N–H and O–H groups in total. The maximum atomic E-state index is 12.2. The molecule has 0 saturated heterocycles. The highest BCUT2D eigenvalue weighted by atomic mass is 127. The van der Waals surface area contributed by atoms with E-state index in [9.17, 15) is 13.2 Å². The molecule has 1 aromatic carbocycles. The fraction of sp³-hybridized carbons (Fsp3) is 0.214. The van der Waals surface area contributed by atoms with Crippen molar-refractivity contribution in [3.63, 3.8) is 0 Å². The maximum absolute atomic E-state index is 12.2. The molecule has 0 atom stereocenters. The van der Waals surface area contributed by atoms with E-state index in [0.717, 1.165) is 19.8 Å². The predicted octanol–water partition coefficient (Wildman–Crippen LogP) is 2.80. The first-order chi connectivity index (χ1) is 10.4. The molecule has 1 amide bonds. The number of hydrogen-bond acceptors (Lipinski definition) is 5. The lowest BCUT2D eigenvalue weighted by Crippen LogP contribution is -2.22. The number of halogens is 1. The van der Waals surface area contributed by atoms with Gasteiger partial charge < -0.3 is 9.50 Å². The molecule has 0 aliphatic rings. The Balaban J connectivity index is 2.06. The van der Waals surface area contributed by atoms with E-state index < -0.39 is 10.1 Å². The van der Waals surface area contributed by atoms with Gasteiger partial charge in [-0.05, 0) is 59.3 Å². The van der Waals surface area contributed by atoms with Crippen LogP contribution in [0.5, 0.6) is 5.75 Å². The van der Waals surface area contributed by atoms with Crippen LogP contribution in [-0.2, 0) is 21.3 Å². The van der Waals surface area contributed by atoms with Gasteiger partial charge in [-0.2, -0.15) is 8.42 Å². The Morgan fingerprint density at radius 2 is 2.09 bits per heavy atom. The summed E-state index contributed by atoms with van der Waals surface area (Å²) in [6.45, 7) is 1.92. The van der Waals surface area contributed by atoms with Crippen LogP contribution in [0.3, 0.4) is 0 Å². The van der Waals surface area contributed by atoms with E-state index in [1.807, 2.05) is 6.07 Å². The van der Waals surface area contributed by atoms with Crippen molar-refractivity contribution in [3.8, 4) is 5.75 Å². The fourth-order valence-corrected chi connectivity index (χ4v) is 4.43. The summed E-state index contributed by atoms with van der Waals surface area (Å²) >= 11 is 3.24. The smallest absolute Gasteiger partial charge is 0.348 e. The van der Waals surface area contributed by atoms with Gasteiger partial charge in [0.2, 0.25) is 5.91 Å². The van der Waals surface area contributed by atoms with Gasteiger partial charge in [-0.3, -0.25) is 4.79 Å². The Morgan fingerprint density at radius 1 is 1.32 bits per heavy atom. The van der Waals surface area contributed by atoms with Crippen LogP contribution in [0.15, 0.2) is 40.6 Å². The summed E-state index contributed by atoms with van der Waals surface area (Å²) in [5, 5.41) is 2.67. The predicted molar refractivity (Wildman–Crippen MR) is 93.7 cm³/mol. The van der Waals surface area contributed by atoms with E-state index >= 15 is 0 Å². The molecule has 2 rings (SSSR count). The van der Waals surface area contributed by atoms with Crippen LogP contribution >= 0.6 is 33.9 Å². The molecule has 1 heterocycles. The highest BCUT2D eigenvalue weighted by molar-refractivity contribution is 14.1. The lowest BCUT2D eigenvalue weighted by molar-refractivity contribution is -0.118. The monoisotopic (exact) mass is 451 g/mol. The molecule has 0 unspecified atom stereocenters. The van der Waals surface area contributed by atoms with Crippen molar-refractivity contribution >= 4 is 50.0 Å². The molecular formula is C14H14INO4S2. The number of amides is 1. The van der Waals surface area contributed by atoms with E-state index in [0.29, 0.717) is 18.7 Å². The molecule has 0 radical (unpaired) electrons. The fourth-order valence-electron chi connectivity index (χ4n) is 1.68. The number of benzene rings is 1. The summed E-state index contributed by atoms with van der Waals surface area (Å²) in [5.41, 5.74) is 0. The van der Waals surface area contributed by atoms with Gasteiger partial charge in [0.15, 0.2) is 4.21 Å². The van der Waals surface area contributed by atoms with Crippen LogP contribution in [0.25, 0.3) is 0 Å². The second-order valence-corrected chi connectivity index (χ2v) is 8.64. The molecule has 1 aromatic heterocycles. The average molecular weight is 451 g/mol. The van der Waals surface area contributed by atoms with Crippen molar-refractivity contribution in [2.45, 2.75) is 17.6 Å². The lowest BCUT2D eigenvalue weighted by Gasteiger charge is -2.05. The Hall–Kier alpha value is -1.13. The van der Waals surface area contributed by atoms with Crippen LogP contribution in [0.1, 0.15) is 11.8 Å². The van der Waals surface area contributed by atoms with Gasteiger partial charge in [0.25, 0.3) is 0 Å². The Bertz CT molecular complexity index is 771. The van der Waals surface area contributed by atoms with Crippen molar-refractivity contribution in [2.75, 3.05) is 6.54 Å². The number of carbonyl (C=O) groups is 1. The average Bonchev–Trinajstić information content (AvgIpc) is 2.87. The first-order valence-corrected chi connectivity index (χ1v) is 9.70. The van der Waals surface area contributed by atoms with E-state index in [1.165, 1.54) is 13.0 Å². The Morgan fingerprint density at radius 3 is 2.77 bits per heavy atom. The molecular weight excluding hydrogens is 437 g/mol. The van der Waals surface area contributed by atoms with E-state index in [1.54, 1.807) is 24.3 Å². The van der Waals surface area contributed by atoms with Gasteiger partial charge >= 0.3 is 10.1 Å². The topological polar surface area (TPSA) is 72.5 Å². The highest BCUT2D eigenvalue weighted by Crippen LogP contribution is 2.26. The van der Waals surface area contributed by atoms with Crippen molar-refractivity contribution in [1.82, 2.24) is 5.32 Å². The number of hydrogen-bond donors (Lipinski definition) is 1. The van der Waals surface area contributed by atoms with Gasteiger partial charge in [-0.1, -0.05) is 6.07 Å². The van der Waals surface area contributed by atoms with E-state index in [2.05, 4.69) is 27.9 Å². The number of carbonyl (C=O) groups excluding carboxylic acids is 1. The van der Waals surface area contributed by atoms with Crippen LogP contribution in [0.4, 0.5) is 0 Å². The summed E-state index contributed by atoms with van der Waals surface area (Å²) in [6.07, 6.45) is 0.586. The molecule has 0 bridgehead atoms. The Labute approximate surface area is 147 Å². The summed E-state index contributed by atoms with van der Waals surface area (Å²) in [4.78, 5) is 11.7. The van der Waals surface area contributed by atoms with E-state index in [-0.39, 0.29) is 10.1 Å². The summed E-state index contributed by atoms with van der Waals surface area (Å²) in [5.74, 6) is 0.187. The van der Waals surface area contributed by atoms with Crippen molar-refractivity contribution in [2.24, 2.45) is 0 Å². The van der Waals surface area contributed by atoms with Gasteiger partial charge in [-0.15, -0.1) is 11.3 Å². The third-order valence-corrected chi connectivity index (χ3v) is 6.14. The minimum Gasteiger partial charge on any atom is -0.378 e. The summed E-state index contributed by atoms with van der Waals surface area (Å²) < 4.78 is 30.6. The van der Waals surface area contributed by atoms with Crippen molar-refractivity contribution < 1.29 is 17.4 Å². The molecule has 8 heteroatoms.